The van der Waals surface area contributed by atoms with Gasteiger partial charge in [0.15, 0.2) is 11.5 Å². The van der Waals surface area contributed by atoms with Crippen LogP contribution >= 0.6 is 0 Å². The van der Waals surface area contributed by atoms with E-state index >= 15 is 0 Å². The number of nitrogens with zero attached hydrogens (tertiary/aromatic N) is 11. The zero-order chi connectivity index (χ0) is 84.6. The van der Waals surface area contributed by atoms with Crippen molar-refractivity contribution >= 4 is 172 Å². The second-order valence-electron chi connectivity index (χ2n) is 23.0. The fourth-order valence-corrected chi connectivity index (χ4v) is 10.8. The van der Waals surface area contributed by atoms with Crippen LogP contribution in [-0.2, 0) is 76.2 Å². The third-order valence-electron chi connectivity index (χ3n) is 15.3. The number of nitro groups is 1. The van der Waals surface area contributed by atoms with Crippen molar-refractivity contribution in [2.75, 3.05) is 24.9 Å². The van der Waals surface area contributed by atoms with E-state index in [0.717, 1.165) is 62.5 Å². The van der Waals surface area contributed by atoms with E-state index in [0.29, 0.717) is 67.5 Å². The number of ether oxygens (including phenoxy) is 2. The summed E-state index contributed by atoms with van der Waals surface area (Å²) < 4.78 is 146. The van der Waals surface area contributed by atoms with Crippen molar-refractivity contribution in [2.45, 2.75) is 25.3 Å². The summed E-state index contributed by atoms with van der Waals surface area (Å²) in [5, 5.41) is 106. The van der Waals surface area contributed by atoms with Crippen LogP contribution in [0.15, 0.2) is 287 Å². The van der Waals surface area contributed by atoms with Gasteiger partial charge in [0.1, 0.15) is 50.6 Å². The molecule has 605 valence electrons. The molecule has 36 nitrogen and oxygen atoms in total. The second-order valence-corrected chi connectivity index (χ2v) is 26.0. The van der Waals surface area contributed by atoms with Gasteiger partial charge in [0, 0.05) is 86.5 Å². The van der Waals surface area contributed by atoms with E-state index < -0.39 is 74.7 Å². The molecule has 0 atom stereocenters. The minimum atomic E-state index is -4.72. The molecule has 0 fully saturated rings. The number of aliphatic hydroxyl groups excluding tert-OH is 1. The van der Waals surface area contributed by atoms with E-state index in [2.05, 4.69) is 61.8 Å². The first-order valence-corrected chi connectivity index (χ1v) is 38.0. The molecule has 12 aromatic rings. The molecule has 0 amide bonds. The number of hydrogen-bond donors (Lipinski definition) is 7. The molecule has 7 N–H and O–H groups in total. The van der Waals surface area contributed by atoms with Crippen LogP contribution in [0, 0.1) is 24.0 Å². The second kappa shape index (κ2) is 44.9. The number of anilines is 4. The molecule has 0 aliphatic heterocycles. The molecule has 1 radical (unpaired) electrons. The number of nitrogens with one attached hydrogen (secondary N) is 2. The van der Waals surface area contributed by atoms with Crippen LogP contribution in [0.2, 0.25) is 0 Å². The Bertz CT molecular complexity index is 6280. The average molecular weight is 1740 g/mol. The number of para-hydroxylation sites is 2. The van der Waals surface area contributed by atoms with Crippen molar-refractivity contribution < 1.29 is 115 Å². The maximum absolute atomic E-state index is 11.8. The largest absolute Gasteiger partial charge is 0.506 e. The van der Waals surface area contributed by atoms with Gasteiger partial charge in [0.25, 0.3) is 15.8 Å². The Morgan fingerprint density at radius 3 is 1.23 bits per heavy atom. The van der Waals surface area contributed by atoms with Crippen LogP contribution in [0.5, 0.6) is 28.7 Å². The number of nitro benzene ring substituents is 1. The molecule has 0 saturated heterocycles. The van der Waals surface area contributed by atoms with Crippen LogP contribution in [0.3, 0.4) is 0 Å². The van der Waals surface area contributed by atoms with Gasteiger partial charge in [0.2, 0.25) is 0 Å². The molecule has 0 aromatic heterocycles. The quantitative estimate of drug-likeness (QED) is 0.00877. The molecule has 0 aliphatic carbocycles. The number of aliphatic hydroxyl groups is 1. The summed E-state index contributed by atoms with van der Waals surface area (Å²) in [5.74, 6) is 0.633. The number of non-ortho nitro benzene ring substituents is 1. The first kappa shape index (κ1) is 91.6. The predicted molar refractivity (Wildman–Crippen MR) is 425 cm³/mol. The van der Waals surface area contributed by atoms with Gasteiger partial charge < -0.3 is 40.5 Å². The standard InChI is InChI=1S/C38H33N7O3.C37H28N6O8S.Cu.4O3S/c1-24-19-35(36(47-3)22-32(24)42-40-28-13-9-6-10-14-28)45-43-33-23-37(48-4)34(20-25(33)2)44-41-31-18-15-26-21-29(16-17-30(26)38(31)46)39-27-11-7-5-8-12-27;44-22-26-19-34(42-40-32-17-11-25-18-29(14-16-31(25)37(32)46)38-27-4-2-1-3-5-27)35(45)21-33(26)41-39-28-12-7-23(8-13-28)6-9-24-10-15-30(43(47)48)20-36(24)52(49,50)51;;4*1-4(2)3/h5-23,39,46H,1-4H3;1-21,38,44-46H,22H2,(H,49,50,51);;;;;. The first-order chi connectivity index (χ1) is 55.3. The van der Waals surface area contributed by atoms with Crippen LogP contribution in [0.4, 0.5) is 85.3 Å². The normalized spacial score (nSPS) is 10.9. The molecule has 12 aromatic carbocycles. The fraction of sp³-hybridized carbons (Fsp3) is 0.0667. The van der Waals surface area contributed by atoms with E-state index in [-0.39, 0.29) is 56.9 Å². The number of methoxy groups -OCH3 is 2. The average Bonchev–Trinajstić information content (AvgIpc) is 0.797. The van der Waals surface area contributed by atoms with E-state index in [9.17, 15) is 43.5 Å². The molecule has 117 heavy (non-hydrogen) atoms. The number of rotatable bonds is 21. The van der Waals surface area contributed by atoms with Gasteiger partial charge in [-0.15, -0.1) is 76.1 Å². The van der Waals surface area contributed by atoms with Crippen molar-refractivity contribution in [3.63, 3.8) is 0 Å². The summed E-state index contributed by atoms with van der Waals surface area (Å²) in [5.41, 5.74) is 10.0. The van der Waals surface area contributed by atoms with Crippen LogP contribution < -0.4 is 20.1 Å². The Morgan fingerprint density at radius 2 is 0.812 bits per heavy atom. The Hall–Kier alpha value is -14.2. The SMILES string of the molecule is COc1cc(N=Nc2ccccc2)c(C)cc1N=Nc1cc(OC)c(N=Nc2ccc3cc(Nc4ccccc4)ccc3c2O)cc1C.O=S(=O)=O.O=S(=O)=O.O=S(=O)=O.O=S(=O)=O.O=[N+]([O-])c1ccc(C=Cc2ccc(N=Nc3cc(O)c(N=Nc4ccc5cc(Nc6ccccc6)ccc5c4O)cc3CO)cc2)c(S(=O)(=O)O)c1.[Cu]. The van der Waals surface area contributed by atoms with Gasteiger partial charge in [-0.05, 0) is 168 Å². The summed E-state index contributed by atoms with van der Waals surface area (Å²) in [4.78, 5) is 9.66. The maximum Gasteiger partial charge on any atom is 0.425 e. The molecule has 42 heteroatoms. The topological polar surface area (TPSA) is 549 Å². The number of fused-ring (bicyclic) bond motifs is 2. The number of azo groups is 5. The van der Waals surface area contributed by atoms with E-state index in [4.69, 9.17) is 60.0 Å². The number of hydrogen-bond acceptors (Lipinski definition) is 34. The minimum Gasteiger partial charge on any atom is -0.506 e. The number of aromatic hydroxyl groups is 3. The summed E-state index contributed by atoms with van der Waals surface area (Å²) in [6.45, 7) is 3.38. The van der Waals surface area contributed by atoms with Gasteiger partial charge in [-0.25, -0.2) is 0 Å². The molecule has 0 heterocycles. The summed E-state index contributed by atoms with van der Waals surface area (Å²) >= 11 is 0. The molecule has 0 spiro atoms. The van der Waals surface area contributed by atoms with Gasteiger partial charge in [0.05, 0.1) is 54.2 Å². The van der Waals surface area contributed by atoms with Gasteiger partial charge >= 0.3 is 42.4 Å². The monoisotopic (exact) mass is 1730 g/mol. The molecule has 0 aliphatic rings. The van der Waals surface area contributed by atoms with Crippen LogP contribution in [0.1, 0.15) is 27.8 Å². The number of phenols is 3. The zero-order valence-electron chi connectivity index (χ0n) is 60.6. The third-order valence-corrected chi connectivity index (χ3v) is 16.2. The van der Waals surface area contributed by atoms with Crippen molar-refractivity contribution in [1.82, 2.24) is 0 Å². The maximum atomic E-state index is 11.8. The van der Waals surface area contributed by atoms with E-state index in [1.54, 1.807) is 81.0 Å². The molecule has 0 unspecified atom stereocenters. The number of aryl methyl sites for hydroxylation is 2. The Balaban J connectivity index is 0.000000305. The molecular weight excluding hydrogens is 1670 g/mol. The van der Waals surface area contributed by atoms with Gasteiger partial charge in [-0.2, -0.15) is 34.0 Å². The van der Waals surface area contributed by atoms with Crippen LogP contribution in [0.25, 0.3) is 33.7 Å². The Kier molecular flexibility index (Phi) is 35.1. The van der Waals surface area contributed by atoms with Crippen molar-refractivity contribution in [3.05, 3.63) is 268 Å². The third kappa shape index (κ3) is 29.0. The van der Waals surface area contributed by atoms with Gasteiger partial charge in [-0.3, -0.25) is 14.7 Å². The smallest absolute Gasteiger partial charge is 0.425 e. The molecular formula is C75H61CuN13O23S5. The predicted octanol–water partition coefficient (Wildman–Crippen LogP) is 17.8. The molecule has 12 rings (SSSR count). The Labute approximate surface area is 681 Å². The van der Waals surface area contributed by atoms with E-state index in [1.165, 1.54) is 24.3 Å². The van der Waals surface area contributed by atoms with Crippen molar-refractivity contribution in [3.8, 4) is 28.7 Å². The number of benzene rings is 12. The fourth-order valence-electron chi connectivity index (χ4n) is 10.1. The van der Waals surface area contributed by atoms with Crippen molar-refractivity contribution in [1.29, 1.82) is 0 Å². The zero-order valence-corrected chi connectivity index (χ0v) is 65.7. The minimum absolute atomic E-state index is 0. The summed E-state index contributed by atoms with van der Waals surface area (Å²) in [7, 11) is -14.0. The summed E-state index contributed by atoms with van der Waals surface area (Å²) in [6.07, 6.45) is 2.93. The Morgan fingerprint density at radius 1 is 0.419 bits per heavy atom. The molecule has 0 bridgehead atoms. The van der Waals surface area contributed by atoms with Crippen LogP contribution in [-0.4, -0.2) is 103 Å². The van der Waals surface area contributed by atoms with E-state index in [1.807, 2.05) is 153 Å². The summed E-state index contributed by atoms with van der Waals surface area (Å²) in [6, 6.07) is 66.9. The van der Waals surface area contributed by atoms with Crippen molar-refractivity contribution in [2.24, 2.45) is 51.1 Å². The van der Waals surface area contributed by atoms with Gasteiger partial charge in [-0.1, -0.05) is 91.0 Å². The molecule has 0 saturated carbocycles. The number of phenolic OH excluding ortho intramolecular Hbond substituents is 3. The first-order valence-electron chi connectivity index (χ1n) is 32.6.